The van der Waals surface area contributed by atoms with E-state index in [-0.39, 0.29) is 34.2 Å². The predicted molar refractivity (Wildman–Crippen MR) is 120 cm³/mol. The van der Waals surface area contributed by atoms with E-state index in [9.17, 15) is 18.8 Å². The number of hydrogen-bond donors (Lipinski definition) is 3. The zero-order valence-corrected chi connectivity index (χ0v) is 17.2. The average molecular weight is 448 g/mol. The molecule has 0 atom stereocenters. The molecule has 33 heavy (non-hydrogen) atoms. The summed E-state index contributed by atoms with van der Waals surface area (Å²) < 4.78 is 28.9. The zero-order valence-electron chi connectivity index (χ0n) is 17.2. The van der Waals surface area contributed by atoms with Gasteiger partial charge in [0.15, 0.2) is 5.82 Å². The molecule has 0 amide bonds. The summed E-state index contributed by atoms with van der Waals surface area (Å²) in [6.07, 6.45) is 0.771. The number of nitrogens with zero attached hydrogens (tertiary/aromatic N) is 5. The quantitative estimate of drug-likeness (QED) is 0.381. The first-order valence-electron chi connectivity index (χ1n) is 9.91. The van der Waals surface area contributed by atoms with E-state index in [1.54, 1.807) is 6.07 Å². The number of benzene rings is 2. The monoisotopic (exact) mass is 448 g/mol. The van der Waals surface area contributed by atoms with Crippen LogP contribution >= 0.6 is 0 Å². The normalized spacial score (nSPS) is 10.8. The first-order valence-corrected chi connectivity index (χ1v) is 9.91. The molecule has 2 heterocycles. The maximum atomic E-state index is 13.9. The molecule has 2 aromatic carbocycles. The lowest BCUT2D eigenvalue weighted by Gasteiger charge is -2.14. The third-order valence-corrected chi connectivity index (χ3v) is 4.90. The molecular formula is C22H18F2N8O. The highest BCUT2D eigenvalue weighted by Gasteiger charge is 2.15. The van der Waals surface area contributed by atoms with Crippen molar-refractivity contribution in [2.45, 2.75) is 12.8 Å². The number of fused-ring (bicyclic) bond motifs is 1. The van der Waals surface area contributed by atoms with Gasteiger partial charge in [-0.2, -0.15) is 15.2 Å². The van der Waals surface area contributed by atoms with Gasteiger partial charge in [-0.05, 0) is 42.8 Å². The average Bonchev–Trinajstić information content (AvgIpc) is 2.77. The van der Waals surface area contributed by atoms with Crippen molar-refractivity contribution in [3.8, 4) is 11.8 Å². The van der Waals surface area contributed by atoms with Crippen molar-refractivity contribution >= 4 is 28.5 Å². The highest BCUT2D eigenvalue weighted by Crippen LogP contribution is 2.19. The molecule has 0 fully saturated rings. The number of nitrogen functional groups attached to an aromatic ring is 2. The van der Waals surface area contributed by atoms with Gasteiger partial charge in [-0.3, -0.25) is 9.36 Å². The van der Waals surface area contributed by atoms with E-state index in [0.717, 1.165) is 6.07 Å². The van der Waals surface area contributed by atoms with Gasteiger partial charge in [0, 0.05) is 13.0 Å². The highest BCUT2D eigenvalue weighted by atomic mass is 19.1. The second kappa shape index (κ2) is 8.88. The number of rotatable bonds is 6. The van der Waals surface area contributed by atoms with Crippen LogP contribution in [-0.2, 0) is 6.42 Å². The number of aromatic nitrogens is 4. The first-order chi connectivity index (χ1) is 15.9. The molecule has 166 valence electrons. The third kappa shape index (κ3) is 4.40. The SMILES string of the molecule is N#Cc1c(N)nc(N)nc1NCCCc1nc2ccc(F)cc2c(=O)n1-c1cccc(F)c1. The fourth-order valence-corrected chi connectivity index (χ4v) is 3.44. The third-order valence-electron chi connectivity index (χ3n) is 4.90. The largest absolute Gasteiger partial charge is 0.382 e. The van der Waals surface area contributed by atoms with Crippen LogP contribution in [0, 0.1) is 23.0 Å². The summed E-state index contributed by atoms with van der Waals surface area (Å²) in [5, 5.41) is 12.3. The number of hydrogen-bond acceptors (Lipinski definition) is 8. The van der Waals surface area contributed by atoms with Crippen molar-refractivity contribution in [1.82, 2.24) is 19.5 Å². The van der Waals surface area contributed by atoms with E-state index < -0.39 is 17.2 Å². The Labute approximate surface area is 186 Å². The van der Waals surface area contributed by atoms with E-state index in [2.05, 4.69) is 20.3 Å². The molecule has 0 saturated carbocycles. The molecule has 0 saturated heterocycles. The van der Waals surface area contributed by atoms with Gasteiger partial charge in [0.05, 0.1) is 16.6 Å². The number of nitriles is 1. The van der Waals surface area contributed by atoms with Crippen LogP contribution in [0.5, 0.6) is 0 Å². The molecule has 9 nitrogen and oxygen atoms in total. The van der Waals surface area contributed by atoms with Crippen molar-refractivity contribution < 1.29 is 8.78 Å². The van der Waals surface area contributed by atoms with Crippen molar-refractivity contribution in [2.75, 3.05) is 23.3 Å². The standard InChI is InChI=1S/C22H18F2N8O/c23-12-3-1-4-14(9-12)32-18(29-17-7-6-13(24)10-15(17)21(32)33)5-2-8-28-20-16(11-25)19(26)30-22(27)31-20/h1,3-4,6-7,9-10H,2,5,8H2,(H5,26,27,28,30,31). The van der Waals surface area contributed by atoms with Crippen LogP contribution in [0.1, 0.15) is 17.8 Å². The van der Waals surface area contributed by atoms with Gasteiger partial charge in [-0.1, -0.05) is 6.07 Å². The topological polar surface area (TPSA) is 149 Å². The number of anilines is 3. The van der Waals surface area contributed by atoms with Crippen LogP contribution in [-0.4, -0.2) is 26.1 Å². The molecule has 4 aromatic rings. The second-order valence-electron chi connectivity index (χ2n) is 7.14. The van der Waals surface area contributed by atoms with Gasteiger partial charge in [0.1, 0.15) is 34.9 Å². The molecular weight excluding hydrogens is 430 g/mol. The van der Waals surface area contributed by atoms with Crippen LogP contribution < -0.4 is 22.3 Å². The molecule has 0 spiro atoms. The molecule has 0 aliphatic heterocycles. The Morgan fingerprint density at radius 3 is 2.61 bits per heavy atom. The van der Waals surface area contributed by atoms with Gasteiger partial charge in [-0.25, -0.2) is 13.8 Å². The van der Waals surface area contributed by atoms with Crippen molar-refractivity contribution in [3.05, 3.63) is 75.8 Å². The summed E-state index contributed by atoms with van der Waals surface area (Å²) in [6, 6.07) is 11.2. The number of aryl methyl sites for hydroxylation is 1. The summed E-state index contributed by atoms with van der Waals surface area (Å²) in [4.78, 5) is 25.4. The molecule has 0 unspecified atom stereocenters. The minimum absolute atomic E-state index is 0.0316. The second-order valence-corrected chi connectivity index (χ2v) is 7.14. The lowest BCUT2D eigenvalue weighted by Crippen LogP contribution is -2.24. The van der Waals surface area contributed by atoms with Crippen molar-refractivity contribution in [2.24, 2.45) is 0 Å². The summed E-state index contributed by atoms with van der Waals surface area (Å²) >= 11 is 0. The van der Waals surface area contributed by atoms with E-state index in [4.69, 9.17) is 11.5 Å². The fraction of sp³-hybridized carbons (Fsp3) is 0.136. The van der Waals surface area contributed by atoms with Gasteiger partial charge < -0.3 is 16.8 Å². The Morgan fingerprint density at radius 1 is 1.06 bits per heavy atom. The minimum Gasteiger partial charge on any atom is -0.382 e. The summed E-state index contributed by atoms with van der Waals surface area (Å²) in [5.74, 6) is -0.621. The first kappa shape index (κ1) is 21.6. The number of nitrogens with one attached hydrogen (secondary N) is 1. The van der Waals surface area contributed by atoms with Gasteiger partial charge >= 0.3 is 0 Å². The fourth-order valence-electron chi connectivity index (χ4n) is 3.44. The molecule has 0 aliphatic rings. The minimum atomic E-state index is -0.569. The Bertz CT molecular complexity index is 1460. The van der Waals surface area contributed by atoms with Crippen molar-refractivity contribution in [3.63, 3.8) is 0 Å². The molecule has 0 bridgehead atoms. The Morgan fingerprint density at radius 2 is 1.85 bits per heavy atom. The summed E-state index contributed by atoms with van der Waals surface area (Å²) in [6.45, 7) is 0.338. The molecule has 0 aliphatic carbocycles. The van der Waals surface area contributed by atoms with E-state index >= 15 is 0 Å². The molecule has 11 heteroatoms. The van der Waals surface area contributed by atoms with Gasteiger partial charge in [0.2, 0.25) is 5.95 Å². The maximum Gasteiger partial charge on any atom is 0.266 e. The van der Waals surface area contributed by atoms with E-state index in [1.807, 2.05) is 6.07 Å². The van der Waals surface area contributed by atoms with Gasteiger partial charge in [0.25, 0.3) is 5.56 Å². The molecule has 0 radical (unpaired) electrons. The van der Waals surface area contributed by atoms with Crippen LogP contribution in [0.4, 0.5) is 26.4 Å². The van der Waals surface area contributed by atoms with Crippen LogP contribution in [0.25, 0.3) is 16.6 Å². The van der Waals surface area contributed by atoms with Crippen LogP contribution in [0.3, 0.4) is 0 Å². The maximum absolute atomic E-state index is 13.9. The highest BCUT2D eigenvalue weighted by molar-refractivity contribution is 5.78. The van der Waals surface area contributed by atoms with Crippen LogP contribution in [0.2, 0.25) is 0 Å². The Kier molecular flexibility index (Phi) is 5.82. The molecule has 5 N–H and O–H groups in total. The summed E-state index contributed by atoms with van der Waals surface area (Å²) in [7, 11) is 0. The number of nitrogens with two attached hydrogens (primary N) is 2. The summed E-state index contributed by atoms with van der Waals surface area (Å²) in [5.41, 5.74) is 11.5. The smallest absolute Gasteiger partial charge is 0.266 e. The predicted octanol–water partition coefficient (Wildman–Crippen LogP) is 2.53. The number of halogens is 2. The van der Waals surface area contributed by atoms with Crippen molar-refractivity contribution in [1.29, 1.82) is 5.26 Å². The lowest BCUT2D eigenvalue weighted by molar-refractivity contribution is 0.624. The van der Waals surface area contributed by atoms with E-state index in [1.165, 1.54) is 34.9 Å². The van der Waals surface area contributed by atoms with Crippen LogP contribution in [0.15, 0.2) is 47.3 Å². The lowest BCUT2D eigenvalue weighted by atomic mass is 10.2. The Balaban J connectivity index is 1.65. The zero-order chi connectivity index (χ0) is 23.5. The van der Waals surface area contributed by atoms with Gasteiger partial charge in [-0.15, -0.1) is 0 Å². The molecule has 4 rings (SSSR count). The Hall–Kier alpha value is -4.59. The molecule has 2 aromatic heterocycles. The van der Waals surface area contributed by atoms with E-state index in [0.29, 0.717) is 30.7 Å².